The van der Waals surface area contributed by atoms with Crippen LogP contribution in [0, 0.1) is 6.92 Å². The van der Waals surface area contributed by atoms with Crippen LogP contribution in [0.4, 0.5) is 0 Å². The van der Waals surface area contributed by atoms with Crippen LogP contribution in [-0.4, -0.2) is 41.9 Å². The first kappa shape index (κ1) is 16.1. The van der Waals surface area contributed by atoms with Crippen molar-refractivity contribution in [2.24, 2.45) is 0 Å². The summed E-state index contributed by atoms with van der Waals surface area (Å²) in [5.74, 6) is -1.19. The summed E-state index contributed by atoms with van der Waals surface area (Å²) in [6.45, 7) is 3.21. The molecule has 2 aromatic heterocycles. The van der Waals surface area contributed by atoms with E-state index in [1.807, 2.05) is 12.3 Å². The molecule has 0 saturated heterocycles. The van der Waals surface area contributed by atoms with E-state index < -0.39 is 22.0 Å². The predicted molar refractivity (Wildman–Crippen MR) is 82.2 cm³/mol. The topological polar surface area (TPSA) is 87.6 Å². The van der Waals surface area contributed by atoms with Crippen LogP contribution < -0.4 is 0 Å². The van der Waals surface area contributed by atoms with Crippen molar-refractivity contribution in [3.8, 4) is 10.6 Å². The molecule has 2 rings (SSSR count). The van der Waals surface area contributed by atoms with E-state index in [9.17, 15) is 13.2 Å². The van der Waals surface area contributed by atoms with Gasteiger partial charge in [-0.3, -0.25) is 4.79 Å². The number of aromatic nitrogens is 1. The molecule has 6 nitrogen and oxygen atoms in total. The van der Waals surface area contributed by atoms with E-state index in [0.717, 1.165) is 31.2 Å². The molecular weight excluding hydrogens is 332 g/mol. The number of sulfonamides is 1. The number of rotatable bonds is 5. The summed E-state index contributed by atoms with van der Waals surface area (Å²) in [7, 11) is -2.55. The molecule has 0 fully saturated rings. The highest BCUT2D eigenvalue weighted by Gasteiger charge is 2.30. The second-order valence-electron chi connectivity index (χ2n) is 4.41. The molecule has 0 amide bonds. The second-order valence-corrected chi connectivity index (χ2v) is 8.78. The fourth-order valence-corrected chi connectivity index (χ4v) is 5.04. The standard InChI is InChI=1S/C12H14N2O4S3/c1-7(12(15)16)14(3)21(17,18)11-5-4-10(20-11)9-6-19-8(2)13-9/h4-7H,1-3H3,(H,15,16). The smallest absolute Gasteiger partial charge is 0.321 e. The number of thiazole rings is 1. The first-order valence-electron chi connectivity index (χ1n) is 5.96. The molecule has 114 valence electrons. The highest BCUT2D eigenvalue weighted by Crippen LogP contribution is 2.32. The number of likely N-dealkylation sites (N-methyl/N-ethyl adjacent to an activating group) is 1. The van der Waals surface area contributed by atoms with Crippen LogP contribution in [0.1, 0.15) is 11.9 Å². The molecule has 1 atom stereocenters. The zero-order valence-corrected chi connectivity index (χ0v) is 14.1. The maximum atomic E-state index is 12.4. The number of carboxylic acid groups (broad SMARTS) is 1. The van der Waals surface area contributed by atoms with Gasteiger partial charge in [0, 0.05) is 12.4 Å². The maximum absolute atomic E-state index is 12.4. The van der Waals surface area contributed by atoms with E-state index in [4.69, 9.17) is 5.11 Å². The molecule has 0 aliphatic rings. The minimum Gasteiger partial charge on any atom is -0.480 e. The number of hydrogen-bond acceptors (Lipinski definition) is 6. The van der Waals surface area contributed by atoms with Crippen molar-refractivity contribution in [3.05, 3.63) is 22.5 Å². The summed E-state index contributed by atoms with van der Waals surface area (Å²) in [6, 6.07) is 2.04. The average Bonchev–Trinajstić information content (AvgIpc) is 3.05. The average molecular weight is 346 g/mol. The monoisotopic (exact) mass is 346 g/mol. The molecule has 0 saturated carbocycles. The van der Waals surface area contributed by atoms with Crippen LogP contribution in [0.3, 0.4) is 0 Å². The van der Waals surface area contributed by atoms with Gasteiger partial charge < -0.3 is 5.11 Å². The first-order chi connectivity index (χ1) is 9.73. The highest BCUT2D eigenvalue weighted by molar-refractivity contribution is 7.91. The normalized spacial score (nSPS) is 13.5. The van der Waals surface area contributed by atoms with Gasteiger partial charge in [0.2, 0.25) is 0 Å². The second kappa shape index (κ2) is 5.84. The van der Waals surface area contributed by atoms with Gasteiger partial charge in [0.15, 0.2) is 0 Å². The molecule has 21 heavy (non-hydrogen) atoms. The SMILES string of the molecule is Cc1nc(-c2ccc(S(=O)(=O)N(C)C(C)C(=O)O)s2)cs1. The number of carboxylic acids is 1. The van der Waals surface area contributed by atoms with E-state index in [1.54, 1.807) is 6.07 Å². The lowest BCUT2D eigenvalue weighted by Crippen LogP contribution is -2.39. The molecule has 1 N–H and O–H groups in total. The van der Waals surface area contributed by atoms with Crippen molar-refractivity contribution in [3.63, 3.8) is 0 Å². The number of nitrogens with zero attached hydrogens (tertiary/aromatic N) is 2. The number of carbonyl (C=O) groups is 1. The number of aliphatic carboxylic acids is 1. The van der Waals surface area contributed by atoms with Gasteiger partial charge in [-0.05, 0) is 26.0 Å². The van der Waals surface area contributed by atoms with Crippen molar-refractivity contribution < 1.29 is 18.3 Å². The number of thiophene rings is 1. The Balaban J connectivity index is 2.34. The molecule has 0 bridgehead atoms. The third kappa shape index (κ3) is 3.15. The van der Waals surface area contributed by atoms with Crippen molar-refractivity contribution in [2.75, 3.05) is 7.05 Å². The zero-order chi connectivity index (χ0) is 15.8. The molecule has 2 aromatic rings. The summed E-state index contributed by atoms with van der Waals surface area (Å²) >= 11 is 2.57. The van der Waals surface area contributed by atoms with Crippen molar-refractivity contribution in [2.45, 2.75) is 24.1 Å². The third-order valence-electron chi connectivity index (χ3n) is 2.99. The Labute approximate surface area is 130 Å². The number of aryl methyl sites for hydroxylation is 1. The Hall–Kier alpha value is -1.29. The lowest BCUT2D eigenvalue weighted by atomic mass is 10.4. The van der Waals surface area contributed by atoms with E-state index in [2.05, 4.69) is 4.98 Å². The maximum Gasteiger partial charge on any atom is 0.321 e. The highest BCUT2D eigenvalue weighted by atomic mass is 32.2. The van der Waals surface area contributed by atoms with Crippen LogP contribution in [0.15, 0.2) is 21.7 Å². The van der Waals surface area contributed by atoms with E-state index >= 15 is 0 Å². The largest absolute Gasteiger partial charge is 0.480 e. The Morgan fingerprint density at radius 3 is 2.62 bits per heavy atom. The van der Waals surface area contributed by atoms with Crippen LogP contribution in [0.2, 0.25) is 0 Å². The van der Waals surface area contributed by atoms with E-state index in [1.165, 1.54) is 31.4 Å². The van der Waals surface area contributed by atoms with Crippen molar-refractivity contribution in [1.29, 1.82) is 0 Å². The third-order valence-corrected chi connectivity index (χ3v) is 7.27. The van der Waals surface area contributed by atoms with Gasteiger partial charge in [0.05, 0.1) is 15.6 Å². The van der Waals surface area contributed by atoms with Crippen LogP contribution in [0.25, 0.3) is 10.6 Å². The quantitative estimate of drug-likeness (QED) is 0.897. The van der Waals surface area contributed by atoms with E-state index in [-0.39, 0.29) is 4.21 Å². The lowest BCUT2D eigenvalue weighted by molar-refractivity contribution is -0.140. The van der Waals surface area contributed by atoms with Crippen LogP contribution in [-0.2, 0) is 14.8 Å². The van der Waals surface area contributed by atoms with Gasteiger partial charge in [0.25, 0.3) is 10.0 Å². The Morgan fingerprint density at radius 2 is 2.10 bits per heavy atom. The first-order valence-corrected chi connectivity index (χ1v) is 9.10. The van der Waals surface area contributed by atoms with Gasteiger partial charge in [-0.25, -0.2) is 13.4 Å². The minimum absolute atomic E-state index is 0.110. The number of hydrogen-bond donors (Lipinski definition) is 1. The lowest BCUT2D eigenvalue weighted by Gasteiger charge is -2.19. The molecule has 0 aromatic carbocycles. The van der Waals surface area contributed by atoms with Gasteiger partial charge >= 0.3 is 5.97 Å². The zero-order valence-electron chi connectivity index (χ0n) is 11.6. The summed E-state index contributed by atoms with van der Waals surface area (Å²) in [4.78, 5) is 16.0. The molecule has 0 spiro atoms. The summed E-state index contributed by atoms with van der Waals surface area (Å²) in [5, 5.41) is 11.7. The Bertz CT molecular complexity index is 763. The van der Waals surface area contributed by atoms with Crippen molar-refractivity contribution in [1.82, 2.24) is 9.29 Å². The minimum atomic E-state index is -3.82. The fourth-order valence-electron chi connectivity index (χ4n) is 1.58. The van der Waals surface area contributed by atoms with Crippen LogP contribution >= 0.6 is 22.7 Å². The molecule has 0 aliphatic heterocycles. The molecule has 0 radical (unpaired) electrons. The van der Waals surface area contributed by atoms with Gasteiger partial charge in [-0.15, -0.1) is 22.7 Å². The summed E-state index contributed by atoms with van der Waals surface area (Å²) < 4.78 is 25.7. The molecule has 2 heterocycles. The van der Waals surface area contributed by atoms with Crippen LogP contribution in [0.5, 0.6) is 0 Å². The Kier molecular flexibility index (Phi) is 4.47. The summed E-state index contributed by atoms with van der Waals surface area (Å²) in [5.41, 5.74) is 0.734. The van der Waals surface area contributed by atoms with Gasteiger partial charge in [0.1, 0.15) is 10.3 Å². The summed E-state index contributed by atoms with van der Waals surface area (Å²) in [6.07, 6.45) is 0. The van der Waals surface area contributed by atoms with Gasteiger partial charge in [-0.2, -0.15) is 4.31 Å². The van der Waals surface area contributed by atoms with Crippen molar-refractivity contribution >= 4 is 38.7 Å². The van der Waals surface area contributed by atoms with Gasteiger partial charge in [-0.1, -0.05) is 0 Å². The molecule has 1 unspecified atom stereocenters. The Morgan fingerprint density at radius 1 is 1.43 bits per heavy atom. The molecule has 9 heteroatoms. The fraction of sp³-hybridized carbons (Fsp3) is 0.333. The predicted octanol–water partition coefficient (Wildman–Crippen LogP) is 2.27. The molecular formula is C12H14N2O4S3. The molecule has 0 aliphatic carbocycles. The van der Waals surface area contributed by atoms with E-state index in [0.29, 0.717) is 0 Å².